The molecule has 1 aliphatic rings. The average molecular weight is 393 g/mol. The number of hydrogen-bond acceptors (Lipinski definition) is 5. The Morgan fingerprint density at radius 2 is 2.23 bits per heavy atom. The standard InChI is InChI=1S/C18H21ClN4O2S/c1-3-4-10-23-17(19)12(11(2)22-23)8-9-15(25)21-18-20-13-6-5-7-14(24)16(13)26-18/h8-9H,3-7,10H2,1-2H3,(H,20,21,25)/b9-8-. The summed E-state index contributed by atoms with van der Waals surface area (Å²) in [4.78, 5) is 29.1. The van der Waals surface area contributed by atoms with Crippen LogP contribution < -0.4 is 5.32 Å². The number of hydrogen-bond donors (Lipinski definition) is 1. The van der Waals surface area contributed by atoms with Gasteiger partial charge in [0.05, 0.1) is 16.3 Å². The van der Waals surface area contributed by atoms with Crippen LogP contribution in [0.2, 0.25) is 5.15 Å². The van der Waals surface area contributed by atoms with Crippen molar-refractivity contribution < 1.29 is 9.59 Å². The van der Waals surface area contributed by atoms with Gasteiger partial charge in [-0.25, -0.2) is 4.98 Å². The highest BCUT2D eigenvalue weighted by molar-refractivity contribution is 7.17. The third kappa shape index (κ3) is 4.04. The molecule has 3 rings (SSSR count). The van der Waals surface area contributed by atoms with Crippen molar-refractivity contribution in [2.24, 2.45) is 0 Å². The molecule has 0 saturated heterocycles. The van der Waals surface area contributed by atoms with E-state index < -0.39 is 0 Å². The van der Waals surface area contributed by atoms with E-state index in [2.05, 4.69) is 22.3 Å². The number of fused-ring (bicyclic) bond motifs is 1. The summed E-state index contributed by atoms with van der Waals surface area (Å²) in [6, 6.07) is 0. The van der Waals surface area contributed by atoms with Crippen molar-refractivity contribution in [3.63, 3.8) is 0 Å². The molecule has 1 aliphatic carbocycles. The molecule has 0 unspecified atom stereocenters. The van der Waals surface area contributed by atoms with Gasteiger partial charge in [-0.2, -0.15) is 5.10 Å². The highest BCUT2D eigenvalue weighted by Gasteiger charge is 2.22. The van der Waals surface area contributed by atoms with Crippen molar-refractivity contribution in [2.75, 3.05) is 5.32 Å². The number of unbranched alkanes of at least 4 members (excludes halogenated alkanes) is 1. The van der Waals surface area contributed by atoms with Crippen LogP contribution in [0.4, 0.5) is 5.13 Å². The third-order valence-electron chi connectivity index (χ3n) is 4.23. The number of anilines is 1. The predicted molar refractivity (Wildman–Crippen MR) is 104 cm³/mol. The normalized spacial score (nSPS) is 14.0. The van der Waals surface area contributed by atoms with E-state index in [0.717, 1.165) is 49.2 Å². The van der Waals surface area contributed by atoms with E-state index in [-0.39, 0.29) is 11.7 Å². The zero-order valence-corrected chi connectivity index (χ0v) is 16.4. The van der Waals surface area contributed by atoms with Crippen molar-refractivity contribution >= 4 is 45.8 Å². The molecule has 1 N–H and O–H groups in total. The zero-order valence-electron chi connectivity index (χ0n) is 14.8. The Morgan fingerprint density at radius 3 is 2.96 bits per heavy atom. The molecule has 6 nitrogen and oxygen atoms in total. The minimum Gasteiger partial charge on any atom is -0.298 e. The van der Waals surface area contributed by atoms with Crippen LogP contribution in [0.15, 0.2) is 6.08 Å². The van der Waals surface area contributed by atoms with Crippen LogP contribution >= 0.6 is 22.9 Å². The SMILES string of the molecule is CCCCn1nc(C)c(/C=C\C(=O)Nc2nc3c(s2)C(=O)CCC3)c1Cl. The van der Waals surface area contributed by atoms with E-state index in [1.54, 1.807) is 10.8 Å². The molecule has 0 radical (unpaired) electrons. The van der Waals surface area contributed by atoms with Gasteiger partial charge < -0.3 is 0 Å². The summed E-state index contributed by atoms with van der Waals surface area (Å²) in [5.74, 6) is -0.193. The fourth-order valence-electron chi connectivity index (χ4n) is 2.84. The highest BCUT2D eigenvalue weighted by Crippen LogP contribution is 2.29. The lowest BCUT2D eigenvalue weighted by Gasteiger charge is -2.05. The number of Topliss-reactive ketones (excluding diaryl/α,β-unsaturated/α-hetero) is 1. The zero-order chi connectivity index (χ0) is 18.7. The highest BCUT2D eigenvalue weighted by atomic mass is 35.5. The van der Waals surface area contributed by atoms with Crippen molar-refractivity contribution in [1.29, 1.82) is 0 Å². The Hall–Kier alpha value is -1.99. The number of nitrogens with one attached hydrogen (secondary N) is 1. The molecular weight excluding hydrogens is 372 g/mol. The van der Waals surface area contributed by atoms with Gasteiger partial charge in [-0.15, -0.1) is 0 Å². The van der Waals surface area contributed by atoms with Crippen molar-refractivity contribution in [3.05, 3.63) is 33.1 Å². The Bertz CT molecular complexity index is 869. The summed E-state index contributed by atoms with van der Waals surface area (Å²) >= 11 is 7.61. The summed E-state index contributed by atoms with van der Waals surface area (Å²) < 4.78 is 1.76. The number of carbonyl (C=O) groups excluding carboxylic acids is 2. The first-order chi connectivity index (χ1) is 12.5. The molecular formula is C18H21ClN4O2S. The number of amides is 1. The Labute approximate surface area is 161 Å². The van der Waals surface area contributed by atoms with Gasteiger partial charge >= 0.3 is 0 Å². The molecule has 2 aromatic rings. The quantitative estimate of drug-likeness (QED) is 0.744. The molecule has 0 aromatic carbocycles. The maximum Gasteiger partial charge on any atom is 0.250 e. The molecule has 26 heavy (non-hydrogen) atoms. The van der Waals surface area contributed by atoms with E-state index in [0.29, 0.717) is 21.6 Å². The van der Waals surface area contributed by atoms with Gasteiger partial charge in [0, 0.05) is 24.6 Å². The number of carbonyl (C=O) groups is 2. The summed E-state index contributed by atoms with van der Waals surface area (Å²) in [5, 5.41) is 8.14. The summed E-state index contributed by atoms with van der Waals surface area (Å²) in [6.45, 7) is 4.74. The number of rotatable bonds is 6. The average Bonchev–Trinajstić information content (AvgIpc) is 3.13. The molecule has 0 fully saturated rings. The van der Waals surface area contributed by atoms with Crippen LogP contribution in [0.3, 0.4) is 0 Å². The van der Waals surface area contributed by atoms with Gasteiger partial charge in [0.1, 0.15) is 5.15 Å². The lowest BCUT2D eigenvalue weighted by atomic mass is 10.0. The van der Waals surface area contributed by atoms with E-state index in [1.807, 2.05) is 6.92 Å². The molecule has 2 heterocycles. The first-order valence-corrected chi connectivity index (χ1v) is 9.94. The van der Waals surface area contributed by atoms with Crippen LogP contribution in [0.1, 0.15) is 59.2 Å². The fraction of sp³-hybridized carbons (Fsp3) is 0.444. The number of nitrogens with zero attached hydrogens (tertiary/aromatic N) is 3. The second kappa shape index (κ2) is 8.14. The van der Waals surface area contributed by atoms with Gasteiger partial charge in [0.25, 0.3) is 0 Å². The molecule has 0 spiro atoms. The number of thiazole rings is 1. The lowest BCUT2D eigenvalue weighted by Crippen LogP contribution is -2.08. The maximum atomic E-state index is 12.2. The molecule has 0 aliphatic heterocycles. The second-order valence-electron chi connectivity index (χ2n) is 6.26. The Kier molecular flexibility index (Phi) is 5.88. The summed E-state index contributed by atoms with van der Waals surface area (Å²) in [6.07, 6.45) is 7.31. The van der Waals surface area contributed by atoms with E-state index in [4.69, 9.17) is 11.6 Å². The van der Waals surface area contributed by atoms with E-state index >= 15 is 0 Å². The first kappa shape index (κ1) is 18.8. The molecule has 0 bridgehead atoms. The molecule has 138 valence electrons. The van der Waals surface area contributed by atoms with Crippen molar-refractivity contribution in [3.8, 4) is 0 Å². The van der Waals surface area contributed by atoms with Crippen molar-refractivity contribution in [1.82, 2.24) is 14.8 Å². The van der Waals surface area contributed by atoms with Crippen LogP contribution in [0.25, 0.3) is 6.08 Å². The monoisotopic (exact) mass is 392 g/mol. The van der Waals surface area contributed by atoms with Gasteiger partial charge in [-0.1, -0.05) is 36.3 Å². The largest absolute Gasteiger partial charge is 0.298 e. The van der Waals surface area contributed by atoms with Crippen molar-refractivity contribution in [2.45, 2.75) is 52.5 Å². The molecule has 0 atom stereocenters. The molecule has 1 amide bonds. The third-order valence-corrected chi connectivity index (χ3v) is 5.69. The Balaban J connectivity index is 1.69. The van der Waals surface area contributed by atoms with E-state index in [9.17, 15) is 9.59 Å². The minimum absolute atomic E-state index is 0.113. The lowest BCUT2D eigenvalue weighted by molar-refractivity contribution is -0.111. The topological polar surface area (TPSA) is 76.9 Å². The predicted octanol–water partition coefficient (Wildman–Crippen LogP) is 4.27. The Morgan fingerprint density at radius 1 is 1.42 bits per heavy atom. The van der Waals surface area contributed by atoms with Crippen LogP contribution in [-0.2, 0) is 17.8 Å². The molecule has 0 saturated carbocycles. The molecule has 2 aromatic heterocycles. The van der Waals surface area contributed by atoms with Crippen LogP contribution in [-0.4, -0.2) is 26.5 Å². The number of aryl methyl sites for hydroxylation is 3. The molecule has 8 heteroatoms. The number of ketones is 1. The maximum absolute atomic E-state index is 12.2. The van der Waals surface area contributed by atoms with Crippen LogP contribution in [0, 0.1) is 6.92 Å². The number of halogens is 1. The summed E-state index contributed by atoms with van der Waals surface area (Å²) in [7, 11) is 0. The number of aromatic nitrogens is 3. The smallest absolute Gasteiger partial charge is 0.250 e. The first-order valence-electron chi connectivity index (χ1n) is 8.74. The van der Waals surface area contributed by atoms with E-state index in [1.165, 1.54) is 17.4 Å². The van der Waals surface area contributed by atoms with Gasteiger partial charge in [0.2, 0.25) is 5.91 Å². The van der Waals surface area contributed by atoms with Gasteiger partial charge in [-0.05, 0) is 32.3 Å². The summed E-state index contributed by atoms with van der Waals surface area (Å²) in [5.41, 5.74) is 2.32. The minimum atomic E-state index is -0.305. The van der Waals surface area contributed by atoms with Gasteiger partial charge in [-0.3, -0.25) is 19.6 Å². The van der Waals surface area contributed by atoms with Crippen LogP contribution in [0.5, 0.6) is 0 Å². The van der Waals surface area contributed by atoms with Gasteiger partial charge in [0.15, 0.2) is 10.9 Å². The second-order valence-corrected chi connectivity index (χ2v) is 7.62. The fourth-order valence-corrected chi connectivity index (χ4v) is 4.15.